The molecule has 0 aromatic rings. The third-order valence-electron chi connectivity index (χ3n) is 7.28. The number of rotatable bonds is 11. The van der Waals surface area contributed by atoms with Gasteiger partial charge < -0.3 is 9.47 Å². The summed E-state index contributed by atoms with van der Waals surface area (Å²) < 4.78 is 12.4. The van der Waals surface area contributed by atoms with E-state index in [1.165, 1.54) is 44.9 Å². The van der Waals surface area contributed by atoms with E-state index >= 15 is 0 Å². The van der Waals surface area contributed by atoms with Crippen molar-refractivity contribution in [2.24, 2.45) is 35.5 Å². The van der Waals surface area contributed by atoms with E-state index in [1.54, 1.807) is 6.92 Å². The predicted octanol–water partition coefficient (Wildman–Crippen LogP) is 5.86. The summed E-state index contributed by atoms with van der Waals surface area (Å²) in [5, 5.41) is 0. The van der Waals surface area contributed by atoms with Crippen LogP contribution in [0.25, 0.3) is 0 Å². The van der Waals surface area contributed by atoms with Crippen LogP contribution in [0.2, 0.25) is 0 Å². The lowest BCUT2D eigenvalue weighted by atomic mass is 9.64. The van der Waals surface area contributed by atoms with E-state index in [1.807, 2.05) is 0 Å². The third-order valence-corrected chi connectivity index (χ3v) is 7.28. The van der Waals surface area contributed by atoms with Crippen molar-refractivity contribution < 1.29 is 14.3 Å². The van der Waals surface area contributed by atoms with Gasteiger partial charge >= 0.3 is 0 Å². The fourth-order valence-electron chi connectivity index (χ4n) is 4.92. The molecule has 3 nitrogen and oxygen atoms in total. The van der Waals surface area contributed by atoms with Gasteiger partial charge in [0, 0.05) is 17.8 Å². The van der Waals surface area contributed by atoms with Gasteiger partial charge in [0.15, 0.2) is 6.29 Å². The standard InChI is InChI=1S/C23H42O3/c1-6-9-19-14-25-23(26-15-19)22(21-13-12-20(21)7-2)11-8-10-16(3)17(4)18(5)24/h16-17,19-23H,6-15H2,1-5H3/t16-,17+,19?,20+,21+,22+,23?/m0/s1. The summed E-state index contributed by atoms with van der Waals surface area (Å²) in [6.07, 6.45) is 9.90. The molecule has 26 heavy (non-hydrogen) atoms. The molecule has 0 aromatic carbocycles. The lowest BCUT2D eigenvalue weighted by Gasteiger charge is -2.46. The van der Waals surface area contributed by atoms with Crippen molar-refractivity contribution in [2.75, 3.05) is 13.2 Å². The van der Waals surface area contributed by atoms with Crippen LogP contribution in [0, 0.1) is 35.5 Å². The highest BCUT2D eigenvalue weighted by Gasteiger charge is 2.41. The van der Waals surface area contributed by atoms with Gasteiger partial charge in [0.2, 0.25) is 0 Å². The quantitative estimate of drug-likeness (QED) is 0.459. The summed E-state index contributed by atoms with van der Waals surface area (Å²) in [6.45, 7) is 12.3. The maximum Gasteiger partial charge on any atom is 0.160 e. The Morgan fingerprint density at radius 2 is 1.77 bits per heavy atom. The normalized spacial score (nSPS) is 32.5. The number of hydrogen-bond acceptors (Lipinski definition) is 3. The molecule has 0 radical (unpaired) electrons. The Kier molecular flexibility index (Phi) is 9.09. The van der Waals surface area contributed by atoms with Crippen LogP contribution in [-0.4, -0.2) is 25.3 Å². The van der Waals surface area contributed by atoms with E-state index < -0.39 is 0 Å². The van der Waals surface area contributed by atoms with Crippen LogP contribution in [0.5, 0.6) is 0 Å². The van der Waals surface area contributed by atoms with Gasteiger partial charge in [-0.25, -0.2) is 0 Å². The minimum atomic E-state index is 0.00277. The van der Waals surface area contributed by atoms with Crippen molar-refractivity contribution in [3.8, 4) is 0 Å². The van der Waals surface area contributed by atoms with E-state index in [2.05, 4.69) is 27.7 Å². The van der Waals surface area contributed by atoms with E-state index in [9.17, 15) is 4.79 Å². The molecule has 2 fully saturated rings. The first-order valence-corrected chi connectivity index (χ1v) is 11.2. The van der Waals surface area contributed by atoms with Gasteiger partial charge in [-0.2, -0.15) is 0 Å². The molecule has 152 valence electrons. The van der Waals surface area contributed by atoms with Crippen LogP contribution < -0.4 is 0 Å². The molecule has 0 unspecified atom stereocenters. The zero-order chi connectivity index (χ0) is 19.1. The third kappa shape index (κ3) is 5.79. The highest BCUT2D eigenvalue weighted by molar-refractivity contribution is 5.78. The Balaban J connectivity index is 1.87. The van der Waals surface area contributed by atoms with E-state index in [-0.39, 0.29) is 12.2 Å². The topological polar surface area (TPSA) is 35.5 Å². The van der Waals surface area contributed by atoms with Crippen molar-refractivity contribution in [3.63, 3.8) is 0 Å². The minimum Gasteiger partial charge on any atom is -0.352 e. The Morgan fingerprint density at radius 1 is 1.08 bits per heavy atom. The van der Waals surface area contributed by atoms with Gasteiger partial charge in [-0.1, -0.05) is 53.4 Å². The zero-order valence-corrected chi connectivity index (χ0v) is 17.8. The number of ketones is 1. The first kappa shape index (κ1) is 21.9. The molecule has 1 heterocycles. The second kappa shape index (κ2) is 10.8. The Bertz CT molecular complexity index is 412. The summed E-state index contributed by atoms with van der Waals surface area (Å²) in [4.78, 5) is 11.6. The largest absolute Gasteiger partial charge is 0.352 e. The maximum absolute atomic E-state index is 11.6. The molecule has 1 aliphatic heterocycles. The van der Waals surface area contributed by atoms with Crippen LogP contribution in [0.4, 0.5) is 0 Å². The molecule has 0 aromatic heterocycles. The highest BCUT2D eigenvalue weighted by Crippen LogP contribution is 2.46. The van der Waals surface area contributed by atoms with Crippen molar-refractivity contribution in [1.82, 2.24) is 0 Å². The maximum atomic E-state index is 11.6. The zero-order valence-electron chi connectivity index (χ0n) is 17.8. The van der Waals surface area contributed by atoms with Gasteiger partial charge in [-0.15, -0.1) is 0 Å². The fraction of sp³-hybridized carbons (Fsp3) is 0.957. The molecule has 5 atom stereocenters. The molecule has 0 bridgehead atoms. The van der Waals surface area contributed by atoms with Gasteiger partial charge in [0.05, 0.1) is 13.2 Å². The number of ether oxygens (including phenoxy) is 2. The first-order chi connectivity index (χ1) is 12.5. The summed E-state index contributed by atoms with van der Waals surface area (Å²) in [6, 6.07) is 0. The van der Waals surface area contributed by atoms with Crippen LogP contribution in [0.3, 0.4) is 0 Å². The predicted molar refractivity (Wildman–Crippen MR) is 107 cm³/mol. The summed E-state index contributed by atoms with van der Waals surface area (Å²) >= 11 is 0. The number of Topliss-reactive ketones (excluding diaryl/α,β-unsaturated/α-hetero) is 1. The molecule has 0 amide bonds. The average molecular weight is 367 g/mol. The SMILES string of the molecule is CCCC1COC([C@H](CCC[C@H](C)[C@@H](C)C(C)=O)[C@@H]2CC[C@H]2CC)OC1. The molecule has 3 heteroatoms. The molecular formula is C23H42O3. The number of hydrogen-bond donors (Lipinski definition) is 0. The molecule has 1 aliphatic carbocycles. The molecule has 2 aliphatic rings. The van der Waals surface area contributed by atoms with E-state index in [0.717, 1.165) is 31.5 Å². The lowest BCUT2D eigenvalue weighted by molar-refractivity contribution is -0.242. The average Bonchev–Trinajstić information content (AvgIpc) is 2.60. The summed E-state index contributed by atoms with van der Waals surface area (Å²) in [5.74, 6) is 3.71. The molecule has 1 saturated carbocycles. The second-order valence-electron chi connectivity index (χ2n) is 9.07. The monoisotopic (exact) mass is 366 g/mol. The van der Waals surface area contributed by atoms with Crippen molar-refractivity contribution in [1.29, 1.82) is 0 Å². The Hall–Kier alpha value is -0.410. The van der Waals surface area contributed by atoms with Crippen molar-refractivity contribution in [2.45, 2.75) is 92.3 Å². The fourth-order valence-corrected chi connectivity index (χ4v) is 4.92. The molecule has 1 saturated heterocycles. The highest BCUT2D eigenvalue weighted by atomic mass is 16.7. The molecular weight excluding hydrogens is 324 g/mol. The van der Waals surface area contributed by atoms with Gasteiger partial charge in [-0.3, -0.25) is 4.79 Å². The summed E-state index contributed by atoms with van der Waals surface area (Å²) in [5.41, 5.74) is 0. The van der Waals surface area contributed by atoms with Gasteiger partial charge in [0.1, 0.15) is 5.78 Å². The summed E-state index contributed by atoms with van der Waals surface area (Å²) in [7, 11) is 0. The molecule has 0 spiro atoms. The Morgan fingerprint density at radius 3 is 2.27 bits per heavy atom. The molecule has 0 N–H and O–H groups in total. The second-order valence-corrected chi connectivity index (χ2v) is 9.07. The number of carbonyl (C=O) groups is 1. The van der Waals surface area contributed by atoms with Gasteiger partial charge in [-0.05, 0) is 50.4 Å². The smallest absolute Gasteiger partial charge is 0.160 e. The van der Waals surface area contributed by atoms with Crippen LogP contribution in [0.15, 0.2) is 0 Å². The first-order valence-electron chi connectivity index (χ1n) is 11.2. The lowest BCUT2D eigenvalue weighted by Crippen LogP contribution is -2.44. The van der Waals surface area contributed by atoms with Crippen LogP contribution in [-0.2, 0) is 14.3 Å². The Labute approximate surface area is 161 Å². The van der Waals surface area contributed by atoms with Crippen molar-refractivity contribution in [3.05, 3.63) is 0 Å². The molecule has 2 rings (SSSR count). The van der Waals surface area contributed by atoms with E-state index in [0.29, 0.717) is 23.5 Å². The number of carbonyl (C=O) groups excluding carboxylic acids is 1. The van der Waals surface area contributed by atoms with Crippen molar-refractivity contribution >= 4 is 5.78 Å². The van der Waals surface area contributed by atoms with Crippen LogP contribution in [0.1, 0.15) is 86.0 Å². The minimum absolute atomic E-state index is 0.00277. The van der Waals surface area contributed by atoms with Crippen LogP contribution >= 0.6 is 0 Å². The van der Waals surface area contributed by atoms with Gasteiger partial charge in [0.25, 0.3) is 0 Å². The van der Waals surface area contributed by atoms with E-state index in [4.69, 9.17) is 9.47 Å².